The molecular weight excluding hydrogens is 284 g/mol. The zero-order valence-corrected chi connectivity index (χ0v) is 15.8. The van der Waals surface area contributed by atoms with Gasteiger partial charge in [-0.3, -0.25) is 0 Å². The number of rotatable bonds is 2. The highest BCUT2D eigenvalue weighted by Gasteiger charge is 2.43. The monoisotopic (exact) mass is 322 g/mol. The minimum atomic E-state index is 0.685. The Morgan fingerprint density at radius 2 is 1.09 bits per heavy atom. The maximum Gasteiger partial charge on any atom is 0.00920 e. The Kier molecular flexibility index (Phi) is 5.37. The van der Waals surface area contributed by atoms with Crippen molar-refractivity contribution in [3.8, 4) is 0 Å². The Hall–Kier alpha value is -0.160. The highest BCUT2D eigenvalue weighted by molar-refractivity contribution is 5.00. The fourth-order valence-electron chi connectivity index (χ4n) is 4.52. The lowest BCUT2D eigenvalue weighted by Crippen LogP contribution is -2.58. The van der Waals surface area contributed by atoms with Crippen LogP contribution in [-0.4, -0.2) is 74.2 Å². The first kappa shape index (κ1) is 17.7. The van der Waals surface area contributed by atoms with Gasteiger partial charge in [0.1, 0.15) is 0 Å². The molecule has 4 heterocycles. The van der Waals surface area contributed by atoms with Gasteiger partial charge in [-0.2, -0.15) is 0 Å². The number of hydrogen-bond donors (Lipinski definition) is 2. The summed E-state index contributed by atoms with van der Waals surface area (Å²) in [6, 6.07) is 1.49. The molecule has 0 radical (unpaired) electrons. The second-order valence-corrected chi connectivity index (χ2v) is 9.15. The van der Waals surface area contributed by atoms with E-state index >= 15 is 0 Å². The van der Waals surface area contributed by atoms with Gasteiger partial charge in [0.05, 0.1) is 0 Å². The average Bonchev–Trinajstić information content (AvgIpc) is 2.92. The van der Waals surface area contributed by atoms with Crippen LogP contribution in [0.4, 0.5) is 0 Å². The van der Waals surface area contributed by atoms with Crippen LogP contribution in [0.5, 0.6) is 0 Å². The Balaban J connectivity index is 0.000000136. The molecular formula is C19H38N4. The predicted molar refractivity (Wildman–Crippen MR) is 97.9 cm³/mol. The third-order valence-electron chi connectivity index (χ3n) is 6.79. The summed E-state index contributed by atoms with van der Waals surface area (Å²) in [7, 11) is 0. The van der Waals surface area contributed by atoms with Gasteiger partial charge >= 0.3 is 0 Å². The van der Waals surface area contributed by atoms with Crippen LogP contribution in [0.15, 0.2) is 0 Å². The lowest BCUT2D eigenvalue weighted by Gasteiger charge is -2.49. The summed E-state index contributed by atoms with van der Waals surface area (Å²) in [5, 5.41) is 6.77. The van der Waals surface area contributed by atoms with E-state index in [1.165, 1.54) is 71.6 Å². The maximum absolute atomic E-state index is 3.40. The highest BCUT2D eigenvalue weighted by atomic mass is 15.2. The molecule has 0 saturated carbocycles. The van der Waals surface area contributed by atoms with Crippen LogP contribution in [0.2, 0.25) is 0 Å². The summed E-state index contributed by atoms with van der Waals surface area (Å²) in [5.74, 6) is 0. The van der Waals surface area contributed by atoms with Crippen LogP contribution in [-0.2, 0) is 0 Å². The second kappa shape index (κ2) is 6.99. The van der Waals surface area contributed by atoms with E-state index in [0.717, 1.165) is 12.1 Å². The standard InChI is InChI=1S/C10H20N2.C9H18N2/c1-9(2)12-5-3-10(4-6-12)7-11-8-10;1-8(2)11-4-3-9(7-11)5-10-6-9/h9,11H,3-8H2,1-2H3;8,10H,3-7H2,1-2H3. The summed E-state index contributed by atoms with van der Waals surface area (Å²) in [4.78, 5) is 5.20. The van der Waals surface area contributed by atoms with Gasteiger partial charge in [-0.05, 0) is 72.0 Å². The van der Waals surface area contributed by atoms with Gasteiger partial charge < -0.3 is 20.4 Å². The topological polar surface area (TPSA) is 30.5 Å². The third-order valence-corrected chi connectivity index (χ3v) is 6.79. The minimum absolute atomic E-state index is 0.685. The predicted octanol–water partition coefficient (Wildman–Crippen LogP) is 1.77. The van der Waals surface area contributed by atoms with E-state index in [9.17, 15) is 0 Å². The Labute approximate surface area is 143 Å². The summed E-state index contributed by atoms with van der Waals surface area (Å²) in [6.45, 7) is 19.6. The first-order chi connectivity index (χ1) is 10.9. The van der Waals surface area contributed by atoms with Crippen LogP contribution in [0, 0.1) is 10.8 Å². The molecule has 0 atom stereocenters. The van der Waals surface area contributed by atoms with Crippen molar-refractivity contribution >= 4 is 0 Å². The minimum Gasteiger partial charge on any atom is -0.316 e. The maximum atomic E-state index is 3.40. The molecule has 4 saturated heterocycles. The zero-order chi connectivity index (χ0) is 16.5. The van der Waals surface area contributed by atoms with Crippen molar-refractivity contribution in [1.29, 1.82) is 0 Å². The SMILES string of the molecule is CC(C)N1CCC2(CC1)CNC2.CC(C)N1CCC2(CNC2)C1. The number of nitrogens with one attached hydrogen (secondary N) is 2. The Bertz CT molecular complexity index is 375. The second-order valence-electron chi connectivity index (χ2n) is 9.15. The third kappa shape index (κ3) is 3.92. The van der Waals surface area contributed by atoms with Crippen molar-refractivity contribution in [3.05, 3.63) is 0 Å². The molecule has 134 valence electrons. The Morgan fingerprint density at radius 1 is 0.652 bits per heavy atom. The van der Waals surface area contributed by atoms with Crippen molar-refractivity contribution in [2.75, 3.05) is 52.4 Å². The summed E-state index contributed by atoms with van der Waals surface area (Å²) < 4.78 is 0. The fourth-order valence-corrected chi connectivity index (χ4v) is 4.52. The first-order valence-electron chi connectivity index (χ1n) is 9.83. The molecule has 4 rings (SSSR count). The number of hydrogen-bond acceptors (Lipinski definition) is 4. The van der Waals surface area contributed by atoms with E-state index < -0.39 is 0 Å². The largest absolute Gasteiger partial charge is 0.316 e. The summed E-state index contributed by atoms with van der Waals surface area (Å²) >= 11 is 0. The van der Waals surface area contributed by atoms with Crippen molar-refractivity contribution in [3.63, 3.8) is 0 Å². The van der Waals surface area contributed by atoms with Gasteiger partial charge in [-0.1, -0.05) is 0 Å². The quantitative estimate of drug-likeness (QED) is 0.811. The molecule has 23 heavy (non-hydrogen) atoms. The van der Waals surface area contributed by atoms with E-state index in [-0.39, 0.29) is 0 Å². The van der Waals surface area contributed by atoms with E-state index in [2.05, 4.69) is 48.1 Å². The smallest absolute Gasteiger partial charge is 0.00920 e. The molecule has 4 aliphatic heterocycles. The van der Waals surface area contributed by atoms with Gasteiger partial charge in [0.2, 0.25) is 0 Å². The zero-order valence-electron chi connectivity index (χ0n) is 15.8. The first-order valence-corrected chi connectivity index (χ1v) is 9.83. The molecule has 0 bridgehead atoms. The number of likely N-dealkylation sites (tertiary alicyclic amines) is 2. The van der Waals surface area contributed by atoms with Crippen LogP contribution in [0.3, 0.4) is 0 Å². The van der Waals surface area contributed by atoms with Crippen molar-refractivity contribution in [1.82, 2.24) is 20.4 Å². The molecule has 4 aliphatic rings. The molecule has 4 heteroatoms. The lowest BCUT2D eigenvalue weighted by atomic mass is 9.73. The van der Waals surface area contributed by atoms with Gasteiger partial charge in [0.25, 0.3) is 0 Å². The molecule has 0 aromatic rings. The summed E-state index contributed by atoms with van der Waals surface area (Å²) in [6.07, 6.45) is 4.24. The van der Waals surface area contributed by atoms with Crippen LogP contribution >= 0.6 is 0 Å². The molecule has 0 aromatic heterocycles. The van der Waals surface area contributed by atoms with Crippen LogP contribution in [0.25, 0.3) is 0 Å². The fraction of sp³-hybridized carbons (Fsp3) is 1.00. The molecule has 0 aromatic carbocycles. The van der Waals surface area contributed by atoms with Crippen LogP contribution in [0.1, 0.15) is 47.0 Å². The van der Waals surface area contributed by atoms with E-state index in [4.69, 9.17) is 0 Å². The molecule has 0 aliphatic carbocycles. The molecule has 2 N–H and O–H groups in total. The van der Waals surface area contributed by atoms with Crippen molar-refractivity contribution in [2.24, 2.45) is 10.8 Å². The van der Waals surface area contributed by atoms with Crippen LogP contribution < -0.4 is 10.6 Å². The molecule has 4 nitrogen and oxygen atoms in total. The number of nitrogens with zero attached hydrogens (tertiary/aromatic N) is 2. The van der Waals surface area contributed by atoms with Gasteiger partial charge in [-0.25, -0.2) is 0 Å². The van der Waals surface area contributed by atoms with E-state index in [1.807, 2.05) is 0 Å². The van der Waals surface area contributed by atoms with Gasteiger partial charge in [0.15, 0.2) is 0 Å². The Morgan fingerprint density at radius 3 is 1.39 bits per heavy atom. The van der Waals surface area contributed by atoms with Gasteiger partial charge in [-0.15, -0.1) is 0 Å². The lowest BCUT2D eigenvalue weighted by molar-refractivity contribution is 0.0418. The number of piperidine rings is 1. The van der Waals surface area contributed by atoms with E-state index in [0.29, 0.717) is 10.8 Å². The molecule has 2 spiro atoms. The molecule has 0 amide bonds. The van der Waals surface area contributed by atoms with Gasteiger partial charge in [0, 0.05) is 50.2 Å². The highest BCUT2D eigenvalue weighted by Crippen LogP contribution is 2.35. The van der Waals surface area contributed by atoms with E-state index in [1.54, 1.807) is 0 Å². The van der Waals surface area contributed by atoms with Crippen molar-refractivity contribution in [2.45, 2.75) is 59.0 Å². The van der Waals surface area contributed by atoms with Crippen molar-refractivity contribution < 1.29 is 0 Å². The molecule has 4 fully saturated rings. The summed E-state index contributed by atoms with van der Waals surface area (Å²) in [5.41, 5.74) is 1.40. The normalized spacial score (nSPS) is 29.5. The average molecular weight is 323 g/mol. The molecule has 0 unspecified atom stereocenters.